The van der Waals surface area contributed by atoms with Crippen LogP contribution in [0.3, 0.4) is 0 Å². The van der Waals surface area contributed by atoms with Crippen molar-refractivity contribution in [3.05, 3.63) is 0 Å². The molecule has 0 saturated heterocycles. The van der Waals surface area contributed by atoms with Crippen LogP contribution in [-0.4, -0.2) is 96.7 Å². The molecule has 0 heterocycles. The second kappa shape index (κ2) is 48.4. The lowest BCUT2D eigenvalue weighted by atomic mass is 10.0. The Bertz CT molecular complexity index is 1450. The molecule has 0 aromatic carbocycles. The molecule has 0 aliphatic heterocycles. The largest absolute Gasteiger partial charge is 0.472 e. The van der Waals surface area contributed by atoms with Gasteiger partial charge in [-0.2, -0.15) is 0 Å². The van der Waals surface area contributed by atoms with E-state index in [0.29, 0.717) is 25.7 Å². The van der Waals surface area contributed by atoms with Crippen molar-refractivity contribution in [2.45, 2.75) is 278 Å². The zero-order valence-corrected chi connectivity index (χ0v) is 48.0. The molecule has 0 aliphatic carbocycles. The lowest BCUT2D eigenvalue weighted by Gasteiger charge is -2.21. The number of unbranched alkanes of at least 4 members (excludes halogenated alkanes) is 26. The van der Waals surface area contributed by atoms with Gasteiger partial charge in [0.15, 0.2) is 12.2 Å². The van der Waals surface area contributed by atoms with Crippen LogP contribution in [-0.2, 0) is 65.4 Å². The Balaban J connectivity index is 5.18. The quantitative estimate of drug-likeness (QED) is 0.0222. The Kier molecular flexibility index (Phi) is 47.1. The van der Waals surface area contributed by atoms with Gasteiger partial charge in [0.1, 0.15) is 19.3 Å². The average molecular weight is 1090 g/mol. The first-order valence-corrected chi connectivity index (χ1v) is 31.6. The van der Waals surface area contributed by atoms with Crippen LogP contribution in [0.25, 0.3) is 0 Å². The van der Waals surface area contributed by atoms with Crippen LogP contribution >= 0.6 is 15.6 Å². The van der Waals surface area contributed by atoms with Gasteiger partial charge in [-0.3, -0.25) is 37.3 Å². The predicted molar refractivity (Wildman–Crippen MR) is 285 cm³/mol. The van der Waals surface area contributed by atoms with Crippen LogP contribution in [0.5, 0.6) is 0 Å². The molecule has 0 rings (SSSR count). The Hall–Kier alpha value is -1.94. The Morgan fingerprint density at radius 3 is 0.932 bits per heavy atom. The molecule has 5 atom stereocenters. The third kappa shape index (κ3) is 49.4. The van der Waals surface area contributed by atoms with E-state index in [-0.39, 0.29) is 25.7 Å². The third-order valence-corrected chi connectivity index (χ3v) is 14.2. The lowest BCUT2D eigenvalue weighted by molar-refractivity contribution is -0.161. The maximum atomic E-state index is 12.9. The minimum absolute atomic E-state index is 0.103. The molecular weight excluding hydrogens is 983 g/mol. The summed E-state index contributed by atoms with van der Waals surface area (Å²) in [5, 5.41) is 10.4. The van der Waals surface area contributed by atoms with Gasteiger partial charge in [-0.25, -0.2) is 9.13 Å². The number of aliphatic hydroxyl groups is 1. The summed E-state index contributed by atoms with van der Waals surface area (Å²) in [6.45, 7) is 6.93. The van der Waals surface area contributed by atoms with Crippen molar-refractivity contribution in [1.29, 1.82) is 0 Å². The van der Waals surface area contributed by atoms with E-state index < -0.39 is 97.5 Å². The van der Waals surface area contributed by atoms with Gasteiger partial charge in [0, 0.05) is 25.7 Å². The number of hydrogen-bond acceptors (Lipinski definition) is 15. The predicted octanol–water partition coefficient (Wildman–Crippen LogP) is 13.9. The van der Waals surface area contributed by atoms with E-state index in [9.17, 15) is 43.2 Å². The maximum absolute atomic E-state index is 12.9. The Morgan fingerprint density at radius 2 is 0.630 bits per heavy atom. The molecule has 0 aromatic rings. The van der Waals surface area contributed by atoms with Gasteiger partial charge < -0.3 is 33.8 Å². The molecule has 0 saturated carbocycles. The molecule has 19 heteroatoms. The van der Waals surface area contributed by atoms with Crippen LogP contribution in [0, 0.1) is 5.92 Å². The summed E-state index contributed by atoms with van der Waals surface area (Å²) >= 11 is 0. The number of aliphatic hydroxyl groups excluding tert-OH is 1. The van der Waals surface area contributed by atoms with Crippen molar-refractivity contribution in [3.8, 4) is 0 Å². The molecule has 432 valence electrons. The zero-order chi connectivity index (χ0) is 54.3. The van der Waals surface area contributed by atoms with Gasteiger partial charge in [-0.15, -0.1) is 0 Å². The van der Waals surface area contributed by atoms with Gasteiger partial charge in [0.25, 0.3) is 0 Å². The highest BCUT2D eigenvalue weighted by atomic mass is 31.2. The summed E-state index contributed by atoms with van der Waals surface area (Å²) < 4.78 is 67.2. The van der Waals surface area contributed by atoms with E-state index in [1.165, 1.54) is 64.2 Å². The summed E-state index contributed by atoms with van der Waals surface area (Å²) in [4.78, 5) is 71.3. The van der Waals surface area contributed by atoms with Crippen molar-refractivity contribution in [2.75, 3.05) is 39.6 Å². The van der Waals surface area contributed by atoms with Crippen molar-refractivity contribution in [1.82, 2.24) is 0 Å². The van der Waals surface area contributed by atoms with Crippen LogP contribution in [0.2, 0.25) is 0 Å². The minimum Gasteiger partial charge on any atom is -0.462 e. The van der Waals surface area contributed by atoms with Gasteiger partial charge in [0.2, 0.25) is 0 Å². The van der Waals surface area contributed by atoms with Gasteiger partial charge in [-0.05, 0) is 31.6 Å². The molecule has 2 unspecified atom stereocenters. The van der Waals surface area contributed by atoms with E-state index in [4.69, 9.17) is 37.0 Å². The van der Waals surface area contributed by atoms with E-state index in [2.05, 4.69) is 34.6 Å². The summed E-state index contributed by atoms with van der Waals surface area (Å²) in [6, 6.07) is 0. The molecule has 0 aliphatic rings. The smallest absolute Gasteiger partial charge is 0.462 e. The first kappa shape index (κ1) is 71.1. The minimum atomic E-state index is -4.93. The Labute approximate surface area is 441 Å². The zero-order valence-electron chi connectivity index (χ0n) is 46.3. The third-order valence-electron chi connectivity index (χ3n) is 12.3. The molecule has 73 heavy (non-hydrogen) atoms. The standard InChI is InChI=1S/C54H104O17P2/c1-6-9-12-15-17-18-19-24-28-33-38-52(57)65-44-50(71-54(59)40-35-30-25-21-20-23-27-31-36-47(4)5)46-69-73(62,63)67-42-48(55)41-66-72(60,61)68-45-49(43-64-51(56)37-32-26-14-11-8-3)70-53(58)39-34-29-22-16-13-10-7-2/h47-50,55H,6-46H2,1-5H3,(H,60,61)(H,62,63)/t48-,49+,50+/m0/s1. The molecule has 0 fully saturated rings. The Morgan fingerprint density at radius 1 is 0.370 bits per heavy atom. The fourth-order valence-corrected chi connectivity index (χ4v) is 9.39. The SMILES string of the molecule is CCCCCCCCCCCCC(=O)OC[C@H](COP(=O)(O)OC[C@@H](O)COP(=O)(O)OC[C@@H](COC(=O)CCCCCCC)OC(=O)CCCCCCCCC)OC(=O)CCCCCCCCCCC(C)C. The number of ether oxygens (including phenoxy) is 4. The highest BCUT2D eigenvalue weighted by molar-refractivity contribution is 7.47. The molecular formula is C54H104O17P2. The first-order valence-electron chi connectivity index (χ1n) is 28.6. The monoisotopic (exact) mass is 1090 g/mol. The van der Waals surface area contributed by atoms with Crippen LogP contribution in [0.15, 0.2) is 0 Å². The number of phosphoric ester groups is 2. The highest BCUT2D eigenvalue weighted by Gasteiger charge is 2.30. The fourth-order valence-electron chi connectivity index (χ4n) is 7.81. The van der Waals surface area contributed by atoms with Crippen LogP contribution in [0.4, 0.5) is 0 Å². The first-order chi connectivity index (χ1) is 35.0. The highest BCUT2D eigenvalue weighted by Crippen LogP contribution is 2.45. The molecule has 0 amide bonds. The number of rotatable bonds is 54. The number of phosphoric acid groups is 2. The molecule has 17 nitrogen and oxygen atoms in total. The fraction of sp³-hybridized carbons (Fsp3) is 0.926. The number of hydrogen-bond donors (Lipinski definition) is 3. The number of esters is 4. The van der Waals surface area contributed by atoms with Gasteiger partial charge in [0.05, 0.1) is 26.4 Å². The molecule has 0 spiro atoms. The van der Waals surface area contributed by atoms with Crippen molar-refractivity contribution < 1.29 is 80.2 Å². The van der Waals surface area contributed by atoms with Crippen molar-refractivity contribution in [3.63, 3.8) is 0 Å². The topological polar surface area (TPSA) is 237 Å². The van der Waals surface area contributed by atoms with Crippen molar-refractivity contribution >= 4 is 39.5 Å². The van der Waals surface area contributed by atoms with E-state index in [1.807, 2.05) is 0 Å². The summed E-state index contributed by atoms with van der Waals surface area (Å²) in [5.41, 5.74) is 0. The summed E-state index contributed by atoms with van der Waals surface area (Å²) in [7, 11) is -9.85. The number of carbonyl (C=O) groups is 4. The molecule has 0 aromatic heterocycles. The maximum Gasteiger partial charge on any atom is 0.472 e. The molecule has 0 radical (unpaired) electrons. The molecule has 3 N–H and O–H groups in total. The second-order valence-electron chi connectivity index (χ2n) is 20.1. The van der Waals surface area contributed by atoms with E-state index in [0.717, 1.165) is 115 Å². The van der Waals surface area contributed by atoms with Gasteiger partial charge in [-0.1, -0.05) is 208 Å². The van der Waals surface area contributed by atoms with Gasteiger partial charge >= 0.3 is 39.5 Å². The number of carbonyl (C=O) groups excluding carboxylic acids is 4. The average Bonchev–Trinajstić information content (AvgIpc) is 3.35. The lowest BCUT2D eigenvalue weighted by Crippen LogP contribution is -2.30. The normalized spacial score (nSPS) is 14.5. The van der Waals surface area contributed by atoms with E-state index >= 15 is 0 Å². The van der Waals surface area contributed by atoms with Crippen LogP contribution in [0.1, 0.15) is 259 Å². The second-order valence-corrected chi connectivity index (χ2v) is 23.0. The van der Waals surface area contributed by atoms with Crippen molar-refractivity contribution in [2.24, 2.45) is 5.92 Å². The van der Waals surface area contributed by atoms with Crippen LogP contribution < -0.4 is 0 Å². The summed E-state index contributed by atoms with van der Waals surface area (Å²) in [5.74, 6) is -1.45. The summed E-state index contributed by atoms with van der Waals surface area (Å²) in [6.07, 6.45) is 28.5. The van der Waals surface area contributed by atoms with E-state index in [1.54, 1.807) is 0 Å². The molecule has 0 bridgehead atoms.